The number of carbonyl (C=O) groups excluding carboxylic acids is 2. The standard InChI is InChI=1S/C26H21ClFN3O3/c27-21-7-6-20-23-17(21)2-1-3-19(23)25(32)31(26(20)33)13-12-30-10-8-15(9-11-30)24-18-5-4-16(28)14-22(18)34-29-24/h1-7,14-15H,8-13H2. The second-order valence-corrected chi connectivity index (χ2v) is 9.32. The van der Waals surface area contributed by atoms with Crippen molar-refractivity contribution in [2.24, 2.45) is 0 Å². The van der Waals surface area contributed by atoms with Gasteiger partial charge in [-0.1, -0.05) is 28.9 Å². The lowest BCUT2D eigenvalue weighted by atomic mass is 9.91. The Kier molecular flexibility index (Phi) is 5.12. The molecule has 8 heteroatoms. The molecule has 2 aliphatic heterocycles. The molecule has 0 spiro atoms. The van der Waals surface area contributed by atoms with Crippen molar-refractivity contribution in [2.45, 2.75) is 18.8 Å². The second kappa shape index (κ2) is 8.18. The number of imide groups is 1. The summed E-state index contributed by atoms with van der Waals surface area (Å²) in [6.45, 7) is 2.57. The van der Waals surface area contributed by atoms with Gasteiger partial charge in [0.15, 0.2) is 5.58 Å². The van der Waals surface area contributed by atoms with Gasteiger partial charge in [0.2, 0.25) is 0 Å². The third-order valence-corrected chi connectivity index (χ3v) is 7.34. The van der Waals surface area contributed by atoms with Crippen LogP contribution in [0.4, 0.5) is 4.39 Å². The van der Waals surface area contributed by atoms with E-state index in [0.717, 1.165) is 42.4 Å². The van der Waals surface area contributed by atoms with Crippen molar-refractivity contribution in [1.29, 1.82) is 0 Å². The maximum Gasteiger partial charge on any atom is 0.261 e. The van der Waals surface area contributed by atoms with Gasteiger partial charge < -0.3 is 9.42 Å². The Balaban J connectivity index is 1.14. The summed E-state index contributed by atoms with van der Waals surface area (Å²) in [4.78, 5) is 29.9. The molecule has 1 fully saturated rings. The van der Waals surface area contributed by atoms with E-state index in [1.165, 1.54) is 17.0 Å². The number of nitrogens with zero attached hydrogens (tertiary/aromatic N) is 3. The molecule has 1 aromatic heterocycles. The zero-order valence-corrected chi connectivity index (χ0v) is 19.0. The van der Waals surface area contributed by atoms with Gasteiger partial charge in [0, 0.05) is 57.4 Å². The Morgan fingerprint density at radius 1 is 0.971 bits per heavy atom. The van der Waals surface area contributed by atoms with Gasteiger partial charge in [0.25, 0.3) is 11.8 Å². The molecule has 2 aliphatic rings. The molecule has 0 unspecified atom stereocenters. The summed E-state index contributed by atoms with van der Waals surface area (Å²) in [6.07, 6.45) is 1.75. The highest BCUT2D eigenvalue weighted by molar-refractivity contribution is 6.38. The van der Waals surface area contributed by atoms with Crippen LogP contribution in [0.15, 0.2) is 53.1 Å². The molecule has 2 amide bonds. The van der Waals surface area contributed by atoms with Crippen LogP contribution in [0.2, 0.25) is 5.02 Å². The van der Waals surface area contributed by atoms with Crippen LogP contribution in [-0.4, -0.2) is 52.9 Å². The first kappa shape index (κ1) is 21.3. The minimum absolute atomic E-state index is 0.232. The van der Waals surface area contributed by atoms with Crippen molar-refractivity contribution >= 4 is 45.2 Å². The van der Waals surface area contributed by atoms with Crippen LogP contribution in [0, 0.1) is 5.82 Å². The van der Waals surface area contributed by atoms with E-state index in [0.29, 0.717) is 40.2 Å². The minimum atomic E-state index is -0.339. The number of aromatic nitrogens is 1. The van der Waals surface area contributed by atoms with Gasteiger partial charge in [-0.3, -0.25) is 14.5 Å². The van der Waals surface area contributed by atoms with Crippen molar-refractivity contribution in [2.75, 3.05) is 26.2 Å². The number of likely N-dealkylation sites (tertiary alicyclic amines) is 1. The van der Waals surface area contributed by atoms with E-state index in [2.05, 4.69) is 10.1 Å². The Morgan fingerprint density at radius 3 is 2.53 bits per heavy atom. The van der Waals surface area contributed by atoms with E-state index in [1.807, 2.05) is 6.07 Å². The monoisotopic (exact) mass is 477 g/mol. The Morgan fingerprint density at radius 2 is 1.74 bits per heavy atom. The first-order valence-electron chi connectivity index (χ1n) is 11.4. The molecular weight excluding hydrogens is 457 g/mol. The Bertz CT molecular complexity index is 1440. The van der Waals surface area contributed by atoms with Gasteiger partial charge >= 0.3 is 0 Å². The van der Waals surface area contributed by atoms with Gasteiger partial charge in [0.05, 0.1) is 5.69 Å². The first-order valence-corrected chi connectivity index (χ1v) is 11.7. The average Bonchev–Trinajstić information content (AvgIpc) is 3.26. The fourth-order valence-electron chi connectivity index (χ4n) is 5.21. The maximum absolute atomic E-state index is 13.4. The lowest BCUT2D eigenvalue weighted by molar-refractivity contribution is 0.0586. The van der Waals surface area contributed by atoms with Gasteiger partial charge in [-0.15, -0.1) is 0 Å². The van der Waals surface area contributed by atoms with Crippen LogP contribution in [0.5, 0.6) is 0 Å². The molecule has 34 heavy (non-hydrogen) atoms. The van der Waals surface area contributed by atoms with E-state index < -0.39 is 0 Å². The fraction of sp³-hybridized carbons (Fsp3) is 0.269. The highest BCUT2D eigenvalue weighted by Crippen LogP contribution is 2.35. The topological polar surface area (TPSA) is 66.7 Å². The molecule has 1 saturated heterocycles. The highest BCUT2D eigenvalue weighted by Gasteiger charge is 2.34. The van der Waals surface area contributed by atoms with Crippen LogP contribution < -0.4 is 0 Å². The molecule has 0 N–H and O–H groups in total. The largest absolute Gasteiger partial charge is 0.356 e. The molecule has 3 heterocycles. The number of fused-ring (bicyclic) bond motifs is 1. The molecule has 0 radical (unpaired) electrons. The number of hydrogen-bond donors (Lipinski definition) is 0. The van der Waals surface area contributed by atoms with Gasteiger partial charge in [0.1, 0.15) is 5.82 Å². The quantitative estimate of drug-likeness (QED) is 0.376. The van der Waals surface area contributed by atoms with Crippen molar-refractivity contribution in [3.8, 4) is 0 Å². The average molecular weight is 478 g/mol. The summed E-state index contributed by atoms with van der Waals surface area (Å²) in [5.74, 6) is -0.660. The lowest BCUT2D eigenvalue weighted by Crippen LogP contribution is -2.45. The van der Waals surface area contributed by atoms with E-state index >= 15 is 0 Å². The third-order valence-electron chi connectivity index (χ3n) is 7.01. The maximum atomic E-state index is 13.4. The highest BCUT2D eigenvalue weighted by atomic mass is 35.5. The normalized spacial score (nSPS) is 17.3. The number of piperidine rings is 1. The Labute approximate surface area is 199 Å². The molecule has 172 valence electrons. The number of benzene rings is 3. The summed E-state index contributed by atoms with van der Waals surface area (Å²) in [7, 11) is 0. The molecule has 3 aromatic carbocycles. The first-order chi connectivity index (χ1) is 16.5. The van der Waals surface area contributed by atoms with Gasteiger partial charge in [-0.25, -0.2) is 4.39 Å². The van der Waals surface area contributed by atoms with Crippen molar-refractivity contribution in [3.63, 3.8) is 0 Å². The van der Waals surface area contributed by atoms with Crippen LogP contribution in [0.25, 0.3) is 21.7 Å². The molecule has 0 bridgehead atoms. The van der Waals surface area contributed by atoms with Crippen molar-refractivity contribution in [3.05, 3.63) is 76.2 Å². The number of hydrogen-bond acceptors (Lipinski definition) is 5. The molecule has 0 aliphatic carbocycles. The van der Waals surface area contributed by atoms with Crippen molar-refractivity contribution < 1.29 is 18.5 Å². The SMILES string of the molecule is O=C1c2cccc3c(Cl)ccc(c23)C(=O)N1CCN1CCC(c2noc3cc(F)ccc23)CC1. The van der Waals surface area contributed by atoms with Crippen LogP contribution in [-0.2, 0) is 0 Å². The fourth-order valence-corrected chi connectivity index (χ4v) is 5.43. The summed E-state index contributed by atoms with van der Waals surface area (Å²) < 4.78 is 18.8. The number of carbonyl (C=O) groups is 2. The zero-order valence-electron chi connectivity index (χ0n) is 18.3. The van der Waals surface area contributed by atoms with Crippen LogP contribution >= 0.6 is 11.6 Å². The number of rotatable bonds is 4. The van der Waals surface area contributed by atoms with Gasteiger partial charge in [-0.2, -0.15) is 0 Å². The summed E-state index contributed by atoms with van der Waals surface area (Å²) in [5, 5.41) is 6.96. The van der Waals surface area contributed by atoms with Crippen LogP contribution in [0.3, 0.4) is 0 Å². The van der Waals surface area contributed by atoms with E-state index in [9.17, 15) is 14.0 Å². The van der Waals surface area contributed by atoms with Gasteiger partial charge in [-0.05, 0) is 56.3 Å². The lowest BCUT2D eigenvalue weighted by Gasteiger charge is -2.33. The summed E-state index contributed by atoms with van der Waals surface area (Å²) in [6, 6.07) is 13.3. The smallest absolute Gasteiger partial charge is 0.261 e. The zero-order chi connectivity index (χ0) is 23.4. The van der Waals surface area contributed by atoms with E-state index in [4.69, 9.17) is 16.1 Å². The molecule has 4 aromatic rings. The summed E-state index contributed by atoms with van der Waals surface area (Å²) in [5.41, 5.74) is 2.38. The van der Waals surface area contributed by atoms with Crippen molar-refractivity contribution in [1.82, 2.24) is 15.0 Å². The molecule has 0 atom stereocenters. The second-order valence-electron chi connectivity index (χ2n) is 8.91. The van der Waals surface area contributed by atoms with Crippen LogP contribution in [0.1, 0.15) is 45.2 Å². The molecule has 6 nitrogen and oxygen atoms in total. The molecule has 6 rings (SSSR count). The molecular formula is C26H21ClFN3O3. The Hall–Kier alpha value is -3.29. The minimum Gasteiger partial charge on any atom is -0.356 e. The van der Waals surface area contributed by atoms with E-state index in [1.54, 1.807) is 30.3 Å². The predicted octanol–water partition coefficient (Wildman–Crippen LogP) is 5.25. The molecule has 0 saturated carbocycles. The summed E-state index contributed by atoms with van der Waals surface area (Å²) >= 11 is 6.29. The number of halogens is 2. The third kappa shape index (κ3) is 3.38. The van der Waals surface area contributed by atoms with E-state index in [-0.39, 0.29) is 23.5 Å². The predicted molar refractivity (Wildman–Crippen MR) is 127 cm³/mol. The number of amides is 2.